The van der Waals surface area contributed by atoms with Crippen LogP contribution in [0.5, 0.6) is 0 Å². The van der Waals surface area contributed by atoms with E-state index in [4.69, 9.17) is 10.5 Å². The van der Waals surface area contributed by atoms with Crippen molar-refractivity contribution in [3.63, 3.8) is 0 Å². The Kier molecular flexibility index (Phi) is 23.2. The topological polar surface area (TPSA) is 111 Å². The summed E-state index contributed by atoms with van der Waals surface area (Å²) in [5.41, 5.74) is 5.19. The summed E-state index contributed by atoms with van der Waals surface area (Å²) in [6.07, 6.45) is 20.3. The molecule has 0 fully saturated rings. The van der Waals surface area contributed by atoms with Crippen LogP contribution in [0.15, 0.2) is 0 Å². The van der Waals surface area contributed by atoms with Crippen LogP contribution in [-0.2, 0) is 18.3 Å². The lowest BCUT2D eigenvalue weighted by molar-refractivity contribution is 0.00230. The van der Waals surface area contributed by atoms with Gasteiger partial charge in [-0.05, 0) is 6.42 Å². The number of phosphoric ester groups is 1. The molecule has 0 amide bonds. The van der Waals surface area contributed by atoms with Gasteiger partial charge in [0, 0.05) is 13.2 Å². The van der Waals surface area contributed by atoms with Gasteiger partial charge >= 0.3 is 7.82 Å². The fourth-order valence-corrected chi connectivity index (χ4v) is 4.18. The van der Waals surface area contributed by atoms with E-state index in [1.807, 2.05) is 0 Å². The van der Waals surface area contributed by atoms with Crippen molar-refractivity contribution >= 4 is 7.82 Å². The van der Waals surface area contributed by atoms with E-state index >= 15 is 0 Å². The molecule has 0 saturated heterocycles. The van der Waals surface area contributed by atoms with Gasteiger partial charge in [-0.3, -0.25) is 9.05 Å². The molecule has 31 heavy (non-hydrogen) atoms. The van der Waals surface area contributed by atoms with Gasteiger partial charge in [-0.25, -0.2) is 4.57 Å². The number of aliphatic hydroxyl groups is 1. The van der Waals surface area contributed by atoms with Crippen molar-refractivity contribution in [2.75, 3.05) is 33.0 Å². The minimum Gasteiger partial charge on any atom is -0.388 e. The number of hydrogen-bond donors (Lipinski definition) is 3. The van der Waals surface area contributed by atoms with Crippen molar-refractivity contribution < 1.29 is 28.3 Å². The fraction of sp³-hybridized carbons (Fsp3) is 1.00. The van der Waals surface area contributed by atoms with Crippen LogP contribution < -0.4 is 5.73 Å². The predicted molar refractivity (Wildman–Crippen MR) is 127 cm³/mol. The lowest BCUT2D eigenvalue weighted by Crippen LogP contribution is -2.22. The number of unbranched alkanes of at least 4 members (excludes halogenated alkanes) is 15. The van der Waals surface area contributed by atoms with Gasteiger partial charge < -0.3 is 20.5 Å². The van der Waals surface area contributed by atoms with Gasteiger partial charge in [0.15, 0.2) is 0 Å². The second kappa shape index (κ2) is 23.2. The molecule has 7 nitrogen and oxygen atoms in total. The van der Waals surface area contributed by atoms with Crippen LogP contribution in [0.25, 0.3) is 0 Å². The Morgan fingerprint density at radius 1 is 0.710 bits per heavy atom. The standard InChI is InChI=1S/C23H50NO6P/c1-2-3-4-5-6-7-8-9-10-11-12-13-14-15-16-17-19-28-21-23(25)22-30-31(26,27)29-20-18-24/h23,25H,2-22,24H2,1H3,(H,26,27)/t23-/m1/s1. The number of rotatable bonds is 25. The van der Waals surface area contributed by atoms with E-state index in [0.29, 0.717) is 6.61 Å². The van der Waals surface area contributed by atoms with Crippen molar-refractivity contribution in [2.45, 2.75) is 116 Å². The highest BCUT2D eigenvalue weighted by Gasteiger charge is 2.22. The largest absolute Gasteiger partial charge is 0.472 e. The Labute approximate surface area is 191 Å². The maximum absolute atomic E-state index is 11.4. The molecular formula is C23H50NO6P. The third kappa shape index (κ3) is 24.5. The summed E-state index contributed by atoms with van der Waals surface area (Å²) in [5.74, 6) is 0. The zero-order chi connectivity index (χ0) is 23.0. The zero-order valence-electron chi connectivity index (χ0n) is 20.0. The van der Waals surface area contributed by atoms with Crippen LogP contribution in [0.4, 0.5) is 0 Å². The summed E-state index contributed by atoms with van der Waals surface area (Å²) in [6, 6.07) is 0. The molecule has 2 atom stereocenters. The number of aliphatic hydroxyl groups excluding tert-OH is 1. The van der Waals surface area contributed by atoms with Crippen LogP contribution >= 0.6 is 7.82 Å². The predicted octanol–water partition coefficient (Wildman–Crippen LogP) is 5.72. The molecule has 0 radical (unpaired) electrons. The third-order valence-corrected chi connectivity index (χ3v) is 6.24. The molecular weight excluding hydrogens is 417 g/mol. The number of nitrogens with two attached hydrogens (primary N) is 1. The molecule has 0 rings (SSSR count). The van der Waals surface area contributed by atoms with Crippen LogP contribution in [0.3, 0.4) is 0 Å². The van der Waals surface area contributed by atoms with Crippen molar-refractivity contribution in [1.82, 2.24) is 0 Å². The average Bonchev–Trinajstić information content (AvgIpc) is 2.75. The molecule has 0 aliphatic rings. The van der Waals surface area contributed by atoms with Gasteiger partial charge in [0.2, 0.25) is 0 Å². The third-order valence-electron chi connectivity index (χ3n) is 5.25. The first kappa shape index (κ1) is 31.0. The van der Waals surface area contributed by atoms with E-state index in [0.717, 1.165) is 12.8 Å². The highest BCUT2D eigenvalue weighted by molar-refractivity contribution is 7.47. The first-order chi connectivity index (χ1) is 15.0. The highest BCUT2D eigenvalue weighted by atomic mass is 31.2. The lowest BCUT2D eigenvalue weighted by atomic mass is 10.0. The van der Waals surface area contributed by atoms with E-state index < -0.39 is 13.9 Å². The van der Waals surface area contributed by atoms with Gasteiger partial charge in [0.25, 0.3) is 0 Å². The Morgan fingerprint density at radius 2 is 1.16 bits per heavy atom. The van der Waals surface area contributed by atoms with Crippen molar-refractivity contribution in [3.8, 4) is 0 Å². The first-order valence-electron chi connectivity index (χ1n) is 12.6. The van der Waals surface area contributed by atoms with E-state index in [2.05, 4.69) is 16.0 Å². The van der Waals surface area contributed by atoms with Crippen LogP contribution in [0.1, 0.15) is 110 Å². The smallest absolute Gasteiger partial charge is 0.388 e. The lowest BCUT2D eigenvalue weighted by Gasteiger charge is -2.15. The van der Waals surface area contributed by atoms with Gasteiger partial charge in [-0.15, -0.1) is 0 Å². The quantitative estimate of drug-likeness (QED) is 0.116. The van der Waals surface area contributed by atoms with Gasteiger partial charge in [0.1, 0.15) is 6.10 Å². The fourth-order valence-electron chi connectivity index (χ4n) is 3.41. The van der Waals surface area contributed by atoms with Crippen molar-refractivity contribution in [2.24, 2.45) is 5.73 Å². The number of ether oxygens (including phenoxy) is 1. The second-order valence-electron chi connectivity index (χ2n) is 8.42. The van der Waals surface area contributed by atoms with Gasteiger partial charge in [-0.2, -0.15) is 0 Å². The molecule has 0 bridgehead atoms. The maximum atomic E-state index is 11.4. The zero-order valence-corrected chi connectivity index (χ0v) is 20.9. The number of phosphoric acid groups is 1. The number of hydrogen-bond acceptors (Lipinski definition) is 6. The van der Waals surface area contributed by atoms with E-state index in [1.54, 1.807) is 0 Å². The molecule has 0 aromatic carbocycles. The SMILES string of the molecule is CCCCCCCCCCCCCCCCCCOC[C@@H](O)COP(=O)(O)OCCN. The van der Waals surface area contributed by atoms with Crippen LogP contribution in [-0.4, -0.2) is 49.1 Å². The molecule has 4 N–H and O–H groups in total. The molecule has 0 heterocycles. The Balaban J connectivity index is 3.25. The van der Waals surface area contributed by atoms with E-state index in [1.165, 1.54) is 89.9 Å². The normalized spacial score (nSPS) is 14.6. The average molecular weight is 468 g/mol. The summed E-state index contributed by atoms with van der Waals surface area (Å²) in [7, 11) is -4.14. The summed E-state index contributed by atoms with van der Waals surface area (Å²) >= 11 is 0. The van der Waals surface area contributed by atoms with E-state index in [-0.39, 0.29) is 26.4 Å². The molecule has 0 spiro atoms. The highest BCUT2D eigenvalue weighted by Crippen LogP contribution is 2.42. The van der Waals surface area contributed by atoms with Gasteiger partial charge in [0.05, 0.1) is 19.8 Å². The van der Waals surface area contributed by atoms with Gasteiger partial charge in [-0.1, -0.05) is 103 Å². The summed E-state index contributed by atoms with van der Waals surface area (Å²) in [5, 5.41) is 9.71. The first-order valence-corrected chi connectivity index (χ1v) is 14.1. The molecule has 0 aliphatic carbocycles. The summed E-state index contributed by atoms with van der Waals surface area (Å²) in [6.45, 7) is 2.67. The Hall–Kier alpha value is -0.0100. The molecule has 188 valence electrons. The van der Waals surface area contributed by atoms with Crippen molar-refractivity contribution in [1.29, 1.82) is 0 Å². The minimum absolute atomic E-state index is 0.0698. The molecule has 0 aliphatic heterocycles. The monoisotopic (exact) mass is 467 g/mol. The second-order valence-corrected chi connectivity index (χ2v) is 9.87. The molecule has 8 heteroatoms. The summed E-state index contributed by atoms with van der Waals surface area (Å²) in [4.78, 5) is 9.33. The summed E-state index contributed by atoms with van der Waals surface area (Å²) < 4.78 is 26.1. The Morgan fingerprint density at radius 3 is 1.61 bits per heavy atom. The molecule has 0 saturated carbocycles. The van der Waals surface area contributed by atoms with E-state index in [9.17, 15) is 14.6 Å². The molecule has 0 aromatic rings. The minimum atomic E-state index is -4.14. The van der Waals surface area contributed by atoms with Crippen molar-refractivity contribution in [3.05, 3.63) is 0 Å². The van der Waals surface area contributed by atoms with Crippen LogP contribution in [0.2, 0.25) is 0 Å². The molecule has 0 aromatic heterocycles. The Bertz CT molecular complexity index is 414. The van der Waals surface area contributed by atoms with Crippen LogP contribution in [0, 0.1) is 0 Å². The molecule has 1 unspecified atom stereocenters. The maximum Gasteiger partial charge on any atom is 0.472 e.